The van der Waals surface area contributed by atoms with Crippen LogP contribution in [0, 0.1) is 0 Å². The van der Waals surface area contributed by atoms with Crippen molar-refractivity contribution in [2.24, 2.45) is 0 Å². The van der Waals surface area contributed by atoms with E-state index in [-0.39, 0.29) is 18.1 Å². The lowest BCUT2D eigenvalue weighted by molar-refractivity contribution is -0.126. The Morgan fingerprint density at radius 2 is 1.93 bits per heavy atom. The van der Waals surface area contributed by atoms with Gasteiger partial charge in [-0.1, -0.05) is 24.3 Å². The van der Waals surface area contributed by atoms with Gasteiger partial charge in [0.05, 0.1) is 13.2 Å². The summed E-state index contributed by atoms with van der Waals surface area (Å²) in [4.78, 5) is 14.4. The van der Waals surface area contributed by atoms with Gasteiger partial charge in [0.2, 0.25) is 5.91 Å². The molecule has 1 N–H and O–H groups in total. The van der Waals surface area contributed by atoms with E-state index < -0.39 is 0 Å². The lowest BCUT2D eigenvalue weighted by Crippen LogP contribution is -2.48. The van der Waals surface area contributed by atoms with Crippen LogP contribution >= 0.6 is 0 Å². The Morgan fingerprint density at radius 3 is 2.63 bits per heavy atom. The molecule has 27 heavy (non-hydrogen) atoms. The average Bonchev–Trinajstić information content (AvgIpc) is 2.71. The lowest BCUT2D eigenvalue weighted by atomic mass is 10.2. The number of hydrogen-bond acceptors (Lipinski definition) is 5. The molecule has 1 aliphatic heterocycles. The number of ether oxygens (including phenoxy) is 3. The molecule has 0 unspecified atom stereocenters. The number of benzene rings is 2. The van der Waals surface area contributed by atoms with Crippen molar-refractivity contribution in [2.45, 2.75) is 25.6 Å². The summed E-state index contributed by atoms with van der Waals surface area (Å²) in [7, 11) is 3.55. The highest BCUT2D eigenvalue weighted by Crippen LogP contribution is 2.31. The standard InChI is InChI=1S/C21H26N2O4/c1-15(21(24)22-12-16-8-10-17(25-3)11-9-16)23(2)13-18-14-26-19-6-4-5-7-20(19)27-18/h4-11,15,18H,12-14H2,1-3H3,(H,22,24)/t15-,18-/m1/s1. The highest BCUT2D eigenvalue weighted by Gasteiger charge is 2.25. The van der Waals surface area contributed by atoms with Gasteiger partial charge in [-0.25, -0.2) is 0 Å². The maximum Gasteiger partial charge on any atom is 0.237 e. The molecule has 1 heterocycles. The molecule has 1 aliphatic rings. The topological polar surface area (TPSA) is 60.0 Å². The number of likely N-dealkylation sites (N-methyl/N-ethyl adjacent to an activating group) is 1. The molecule has 1 amide bonds. The van der Waals surface area contributed by atoms with Crippen LogP contribution < -0.4 is 19.5 Å². The largest absolute Gasteiger partial charge is 0.497 e. The normalized spacial score (nSPS) is 16.7. The molecule has 144 valence electrons. The number of amides is 1. The predicted octanol–water partition coefficient (Wildman–Crippen LogP) is 2.47. The molecule has 2 aromatic rings. The molecule has 0 saturated carbocycles. The number of carbonyl (C=O) groups is 1. The number of hydrogen-bond donors (Lipinski definition) is 1. The van der Waals surface area contributed by atoms with E-state index in [2.05, 4.69) is 5.32 Å². The first-order valence-corrected chi connectivity index (χ1v) is 9.06. The van der Waals surface area contributed by atoms with Gasteiger partial charge in [-0.3, -0.25) is 9.69 Å². The SMILES string of the molecule is COc1ccc(CNC(=O)[C@@H](C)N(C)C[C@@H]2COc3ccccc3O2)cc1. The van der Waals surface area contributed by atoms with Crippen LogP contribution in [0.2, 0.25) is 0 Å². The van der Waals surface area contributed by atoms with Crippen LogP contribution in [0.5, 0.6) is 17.2 Å². The van der Waals surface area contributed by atoms with Crippen molar-refractivity contribution >= 4 is 5.91 Å². The van der Waals surface area contributed by atoms with Gasteiger partial charge >= 0.3 is 0 Å². The van der Waals surface area contributed by atoms with Gasteiger partial charge in [-0.15, -0.1) is 0 Å². The summed E-state index contributed by atoms with van der Waals surface area (Å²) in [5.41, 5.74) is 1.03. The zero-order chi connectivity index (χ0) is 19.2. The van der Waals surface area contributed by atoms with E-state index in [1.165, 1.54) is 0 Å². The first kappa shape index (κ1) is 19.0. The minimum atomic E-state index is -0.274. The minimum Gasteiger partial charge on any atom is -0.497 e. The number of carbonyl (C=O) groups excluding carboxylic acids is 1. The summed E-state index contributed by atoms with van der Waals surface area (Å²) in [5.74, 6) is 2.29. The molecule has 2 aromatic carbocycles. The Hall–Kier alpha value is -2.73. The molecule has 0 aliphatic carbocycles. The van der Waals surface area contributed by atoms with Crippen molar-refractivity contribution in [3.63, 3.8) is 0 Å². The number of fused-ring (bicyclic) bond motifs is 1. The fraction of sp³-hybridized carbons (Fsp3) is 0.381. The Morgan fingerprint density at radius 1 is 1.22 bits per heavy atom. The number of nitrogens with one attached hydrogen (secondary N) is 1. The summed E-state index contributed by atoms with van der Waals surface area (Å²) in [6.45, 7) is 3.45. The summed E-state index contributed by atoms with van der Waals surface area (Å²) in [6.07, 6.45) is -0.110. The van der Waals surface area contributed by atoms with Crippen molar-refractivity contribution in [2.75, 3.05) is 27.3 Å². The van der Waals surface area contributed by atoms with Crippen LogP contribution in [0.25, 0.3) is 0 Å². The van der Waals surface area contributed by atoms with Gasteiger partial charge < -0.3 is 19.5 Å². The second-order valence-electron chi connectivity index (χ2n) is 6.68. The maximum absolute atomic E-state index is 12.5. The summed E-state index contributed by atoms with van der Waals surface area (Å²) in [6, 6.07) is 15.0. The van der Waals surface area contributed by atoms with Crippen LogP contribution in [-0.4, -0.2) is 50.3 Å². The summed E-state index contributed by atoms with van der Waals surface area (Å²) in [5, 5.41) is 2.98. The van der Waals surface area contributed by atoms with Crippen molar-refractivity contribution in [1.29, 1.82) is 0 Å². The van der Waals surface area contributed by atoms with Gasteiger partial charge in [-0.2, -0.15) is 0 Å². The van der Waals surface area contributed by atoms with E-state index in [0.29, 0.717) is 19.7 Å². The Balaban J connectivity index is 1.47. The quantitative estimate of drug-likeness (QED) is 0.811. The Kier molecular flexibility index (Phi) is 6.19. The Labute approximate surface area is 160 Å². The molecule has 0 radical (unpaired) electrons. The third-order valence-electron chi connectivity index (χ3n) is 4.73. The van der Waals surface area contributed by atoms with Crippen molar-refractivity contribution in [3.8, 4) is 17.2 Å². The van der Waals surface area contributed by atoms with Crippen molar-refractivity contribution < 1.29 is 19.0 Å². The minimum absolute atomic E-state index is 0.0227. The molecular formula is C21H26N2O4. The molecule has 3 rings (SSSR count). The maximum atomic E-state index is 12.5. The van der Waals surface area contributed by atoms with Gasteiger partial charge in [-0.05, 0) is 43.8 Å². The third-order valence-corrected chi connectivity index (χ3v) is 4.73. The van der Waals surface area contributed by atoms with Gasteiger partial charge in [0.1, 0.15) is 18.5 Å². The van der Waals surface area contributed by atoms with E-state index in [9.17, 15) is 4.79 Å². The number of nitrogens with zero attached hydrogens (tertiary/aromatic N) is 1. The highest BCUT2D eigenvalue weighted by molar-refractivity contribution is 5.81. The Bertz CT molecular complexity index is 763. The van der Waals surface area contributed by atoms with Crippen LogP contribution in [0.4, 0.5) is 0 Å². The van der Waals surface area contributed by atoms with Crippen LogP contribution in [0.15, 0.2) is 48.5 Å². The predicted molar refractivity (Wildman–Crippen MR) is 103 cm³/mol. The third kappa shape index (κ3) is 4.92. The molecular weight excluding hydrogens is 344 g/mol. The molecule has 0 fully saturated rings. The lowest BCUT2D eigenvalue weighted by Gasteiger charge is -2.31. The summed E-state index contributed by atoms with van der Waals surface area (Å²) < 4.78 is 16.9. The molecule has 0 spiro atoms. The highest BCUT2D eigenvalue weighted by atomic mass is 16.6. The van der Waals surface area contributed by atoms with Gasteiger partial charge in [0.25, 0.3) is 0 Å². The molecule has 0 aromatic heterocycles. The van der Waals surface area contributed by atoms with E-state index >= 15 is 0 Å². The van der Waals surface area contributed by atoms with Crippen LogP contribution in [0.3, 0.4) is 0 Å². The fourth-order valence-electron chi connectivity index (χ4n) is 2.91. The molecule has 2 atom stereocenters. The monoisotopic (exact) mass is 370 g/mol. The zero-order valence-electron chi connectivity index (χ0n) is 16.0. The van der Waals surface area contributed by atoms with Gasteiger partial charge in [0, 0.05) is 13.1 Å². The van der Waals surface area contributed by atoms with Crippen molar-refractivity contribution in [3.05, 3.63) is 54.1 Å². The van der Waals surface area contributed by atoms with Crippen molar-refractivity contribution in [1.82, 2.24) is 10.2 Å². The molecule has 6 nitrogen and oxygen atoms in total. The number of methoxy groups -OCH3 is 1. The van der Waals surface area contributed by atoms with Crippen LogP contribution in [0.1, 0.15) is 12.5 Å². The number of rotatable bonds is 7. The van der Waals surface area contributed by atoms with Crippen LogP contribution in [-0.2, 0) is 11.3 Å². The number of para-hydroxylation sites is 2. The fourth-order valence-corrected chi connectivity index (χ4v) is 2.91. The smallest absolute Gasteiger partial charge is 0.237 e. The van der Waals surface area contributed by atoms with E-state index in [1.54, 1.807) is 7.11 Å². The van der Waals surface area contributed by atoms with E-state index in [0.717, 1.165) is 22.8 Å². The zero-order valence-corrected chi connectivity index (χ0v) is 16.0. The first-order chi connectivity index (χ1) is 13.1. The first-order valence-electron chi connectivity index (χ1n) is 9.06. The molecule has 0 saturated heterocycles. The van der Waals surface area contributed by atoms with E-state index in [1.807, 2.05) is 67.4 Å². The second-order valence-corrected chi connectivity index (χ2v) is 6.68. The molecule has 6 heteroatoms. The van der Waals surface area contributed by atoms with E-state index in [4.69, 9.17) is 14.2 Å². The molecule has 0 bridgehead atoms. The van der Waals surface area contributed by atoms with Gasteiger partial charge in [0.15, 0.2) is 11.5 Å². The second kappa shape index (κ2) is 8.77. The summed E-state index contributed by atoms with van der Waals surface area (Å²) >= 11 is 0. The average molecular weight is 370 g/mol.